The second kappa shape index (κ2) is 6.16. The largest absolute Gasteiger partial charge is 0.496 e. The number of para-hydroxylation sites is 1. The third-order valence-corrected chi connectivity index (χ3v) is 3.99. The topological polar surface area (TPSA) is 49.9 Å². The molecule has 2 atom stereocenters. The number of benzene rings is 1. The molecule has 0 saturated carbocycles. The first-order valence-electron chi connectivity index (χ1n) is 7.14. The lowest BCUT2D eigenvalue weighted by Crippen LogP contribution is -2.35. The van der Waals surface area contributed by atoms with E-state index in [-0.39, 0.29) is 30.2 Å². The summed E-state index contributed by atoms with van der Waals surface area (Å²) >= 11 is 0. The van der Waals surface area contributed by atoms with Gasteiger partial charge in [0, 0.05) is 32.6 Å². The molecule has 21 heavy (non-hydrogen) atoms. The van der Waals surface area contributed by atoms with Crippen LogP contribution in [-0.2, 0) is 9.59 Å². The number of carbonyl (C=O) groups excluding carboxylic acids is 2. The Balaban J connectivity index is 2.48. The van der Waals surface area contributed by atoms with Gasteiger partial charge in [-0.15, -0.1) is 0 Å². The molecule has 1 aliphatic rings. The van der Waals surface area contributed by atoms with Crippen molar-refractivity contribution >= 4 is 11.8 Å². The van der Waals surface area contributed by atoms with Crippen molar-refractivity contribution < 1.29 is 14.3 Å². The van der Waals surface area contributed by atoms with Gasteiger partial charge in [0.05, 0.1) is 19.1 Å². The van der Waals surface area contributed by atoms with E-state index in [1.807, 2.05) is 31.2 Å². The van der Waals surface area contributed by atoms with Crippen LogP contribution in [-0.4, -0.2) is 49.4 Å². The highest BCUT2D eigenvalue weighted by Gasteiger charge is 2.45. The Morgan fingerprint density at radius 3 is 2.62 bits per heavy atom. The number of hydrogen-bond acceptors (Lipinski definition) is 3. The van der Waals surface area contributed by atoms with Gasteiger partial charge >= 0.3 is 0 Å². The van der Waals surface area contributed by atoms with Gasteiger partial charge in [0.1, 0.15) is 5.75 Å². The summed E-state index contributed by atoms with van der Waals surface area (Å²) < 4.78 is 5.41. The Kier molecular flexibility index (Phi) is 4.50. The van der Waals surface area contributed by atoms with Crippen molar-refractivity contribution in [3.05, 3.63) is 29.8 Å². The van der Waals surface area contributed by atoms with Gasteiger partial charge in [0.25, 0.3) is 0 Å². The molecule has 1 fully saturated rings. The van der Waals surface area contributed by atoms with Gasteiger partial charge < -0.3 is 14.5 Å². The van der Waals surface area contributed by atoms with E-state index in [9.17, 15) is 9.59 Å². The zero-order valence-electron chi connectivity index (χ0n) is 13.0. The highest BCUT2D eigenvalue weighted by atomic mass is 16.5. The molecule has 2 rings (SSSR count). The number of hydrogen-bond donors (Lipinski definition) is 0. The van der Waals surface area contributed by atoms with E-state index >= 15 is 0 Å². The summed E-state index contributed by atoms with van der Waals surface area (Å²) in [5, 5.41) is 0. The second-order valence-electron chi connectivity index (χ2n) is 5.41. The van der Waals surface area contributed by atoms with Crippen molar-refractivity contribution in [3.8, 4) is 5.75 Å². The Morgan fingerprint density at radius 1 is 1.38 bits per heavy atom. The number of nitrogens with zero attached hydrogens (tertiary/aromatic N) is 2. The average molecular weight is 290 g/mol. The first-order chi connectivity index (χ1) is 10.0. The van der Waals surface area contributed by atoms with Crippen molar-refractivity contribution in [3.63, 3.8) is 0 Å². The van der Waals surface area contributed by atoms with Crippen LogP contribution in [0, 0.1) is 5.92 Å². The van der Waals surface area contributed by atoms with E-state index in [1.165, 1.54) is 0 Å². The molecule has 1 saturated heterocycles. The molecule has 1 heterocycles. The van der Waals surface area contributed by atoms with Gasteiger partial charge in [-0.3, -0.25) is 9.59 Å². The minimum absolute atomic E-state index is 0.0183. The molecular formula is C16H22N2O3. The fourth-order valence-corrected chi connectivity index (χ4v) is 3.01. The SMILES string of the molecule is CCN1C(=O)C[C@@H](C(=O)N(C)C)[C@@H]1c1ccccc1OC. The molecule has 0 aromatic heterocycles. The van der Waals surface area contributed by atoms with Gasteiger partial charge in [0.2, 0.25) is 11.8 Å². The molecule has 0 radical (unpaired) electrons. The van der Waals surface area contributed by atoms with Gasteiger partial charge in [-0.1, -0.05) is 18.2 Å². The first-order valence-corrected chi connectivity index (χ1v) is 7.14. The lowest BCUT2D eigenvalue weighted by Gasteiger charge is -2.29. The minimum atomic E-state index is -0.358. The van der Waals surface area contributed by atoms with Crippen molar-refractivity contribution in [2.45, 2.75) is 19.4 Å². The maximum atomic E-state index is 12.4. The van der Waals surface area contributed by atoms with Crippen molar-refractivity contribution in [1.29, 1.82) is 0 Å². The number of methoxy groups -OCH3 is 1. The quantitative estimate of drug-likeness (QED) is 0.848. The smallest absolute Gasteiger partial charge is 0.228 e. The summed E-state index contributed by atoms with van der Waals surface area (Å²) in [7, 11) is 5.05. The average Bonchev–Trinajstić information content (AvgIpc) is 2.82. The summed E-state index contributed by atoms with van der Waals surface area (Å²) in [4.78, 5) is 28.0. The van der Waals surface area contributed by atoms with E-state index in [4.69, 9.17) is 4.74 Å². The molecule has 2 amide bonds. The molecule has 5 nitrogen and oxygen atoms in total. The van der Waals surface area contributed by atoms with Crippen molar-refractivity contribution in [1.82, 2.24) is 9.80 Å². The summed E-state index contributed by atoms with van der Waals surface area (Å²) in [6.07, 6.45) is 0.258. The summed E-state index contributed by atoms with van der Waals surface area (Å²) in [6, 6.07) is 7.34. The van der Waals surface area contributed by atoms with Gasteiger partial charge in [-0.2, -0.15) is 0 Å². The highest BCUT2D eigenvalue weighted by molar-refractivity contribution is 5.90. The number of likely N-dealkylation sites (tertiary alicyclic amines) is 1. The lowest BCUT2D eigenvalue weighted by atomic mass is 9.92. The summed E-state index contributed by atoms with van der Waals surface area (Å²) in [5.41, 5.74) is 0.896. The van der Waals surface area contributed by atoms with Gasteiger partial charge in [-0.05, 0) is 13.0 Å². The van der Waals surface area contributed by atoms with Crippen LogP contribution in [0.25, 0.3) is 0 Å². The van der Waals surface area contributed by atoms with Crippen LogP contribution in [0.15, 0.2) is 24.3 Å². The Labute approximate surface area is 125 Å². The zero-order valence-corrected chi connectivity index (χ0v) is 13.0. The van der Waals surface area contributed by atoms with Crippen LogP contribution in [0.3, 0.4) is 0 Å². The number of rotatable bonds is 4. The lowest BCUT2D eigenvalue weighted by molar-refractivity contribution is -0.134. The van der Waals surface area contributed by atoms with Gasteiger partial charge in [-0.25, -0.2) is 0 Å². The standard InChI is InChI=1S/C16H22N2O3/c1-5-18-14(19)10-12(16(20)17(2)3)15(18)11-8-6-7-9-13(11)21-4/h6-9,12,15H,5,10H2,1-4H3/t12-,15+/m1/s1. The Hall–Kier alpha value is -2.04. The molecule has 1 aliphatic heterocycles. The maximum absolute atomic E-state index is 12.4. The molecule has 0 spiro atoms. The highest BCUT2D eigenvalue weighted by Crippen LogP contribution is 2.42. The molecule has 0 aliphatic carbocycles. The third-order valence-electron chi connectivity index (χ3n) is 3.99. The molecule has 114 valence electrons. The fraction of sp³-hybridized carbons (Fsp3) is 0.500. The first kappa shape index (κ1) is 15.4. The predicted molar refractivity (Wildman–Crippen MR) is 79.9 cm³/mol. The summed E-state index contributed by atoms with van der Waals surface area (Å²) in [5.74, 6) is 0.361. The molecule has 0 unspecified atom stereocenters. The van der Waals surface area contributed by atoms with E-state index in [2.05, 4.69) is 0 Å². The van der Waals surface area contributed by atoms with Crippen LogP contribution in [0.5, 0.6) is 5.75 Å². The van der Waals surface area contributed by atoms with E-state index < -0.39 is 0 Å². The Bertz CT molecular complexity index is 542. The number of ether oxygens (including phenoxy) is 1. The van der Waals surface area contributed by atoms with E-state index in [0.29, 0.717) is 12.3 Å². The van der Waals surface area contributed by atoms with Crippen LogP contribution in [0.4, 0.5) is 0 Å². The Morgan fingerprint density at radius 2 is 2.05 bits per heavy atom. The molecule has 0 N–H and O–H groups in total. The number of amides is 2. The normalized spacial score (nSPS) is 21.5. The van der Waals surface area contributed by atoms with Crippen LogP contribution in [0.2, 0.25) is 0 Å². The molecule has 5 heteroatoms. The summed E-state index contributed by atoms with van der Waals surface area (Å²) in [6.45, 7) is 2.52. The van der Waals surface area contributed by atoms with Gasteiger partial charge in [0.15, 0.2) is 0 Å². The predicted octanol–water partition coefficient (Wildman–Crippen LogP) is 1.69. The van der Waals surface area contributed by atoms with Crippen LogP contribution >= 0.6 is 0 Å². The molecule has 1 aromatic carbocycles. The third kappa shape index (κ3) is 2.73. The monoisotopic (exact) mass is 290 g/mol. The van der Waals surface area contributed by atoms with E-state index in [0.717, 1.165) is 5.56 Å². The maximum Gasteiger partial charge on any atom is 0.228 e. The molecular weight excluding hydrogens is 268 g/mol. The fourth-order valence-electron chi connectivity index (χ4n) is 3.01. The minimum Gasteiger partial charge on any atom is -0.496 e. The van der Waals surface area contributed by atoms with E-state index in [1.54, 1.807) is 31.0 Å². The second-order valence-corrected chi connectivity index (χ2v) is 5.41. The zero-order chi connectivity index (χ0) is 15.6. The van der Waals surface area contributed by atoms with Crippen molar-refractivity contribution in [2.24, 2.45) is 5.92 Å². The number of carbonyl (C=O) groups is 2. The molecule has 1 aromatic rings. The molecule has 0 bridgehead atoms. The van der Waals surface area contributed by atoms with Crippen LogP contribution < -0.4 is 4.74 Å². The van der Waals surface area contributed by atoms with Crippen molar-refractivity contribution in [2.75, 3.05) is 27.7 Å². The van der Waals surface area contributed by atoms with Crippen LogP contribution in [0.1, 0.15) is 24.9 Å².